The lowest BCUT2D eigenvalue weighted by molar-refractivity contribution is 0.368. The molecule has 0 bridgehead atoms. The van der Waals surface area contributed by atoms with Crippen LogP contribution in [0, 0.1) is 0 Å². The molecule has 16 heteroatoms. The number of rotatable bonds is 0. The average molecular weight is 1070 g/mol. The normalized spacial score (nSPS) is 9.79. The van der Waals surface area contributed by atoms with E-state index < -0.39 is 8.60 Å². The lowest BCUT2D eigenvalue weighted by Gasteiger charge is -1.99. The fraction of sp³-hybridized carbons (Fsp3) is 0. The molecule has 0 aliphatic rings. The van der Waals surface area contributed by atoms with Gasteiger partial charge in [0, 0.05) is 13.4 Å². The van der Waals surface area contributed by atoms with Gasteiger partial charge in [0.15, 0.2) is 0 Å². The van der Waals surface area contributed by atoms with Crippen molar-refractivity contribution >= 4 is 152 Å². The smallest absolute Gasteiger partial charge is 0.324 e. The predicted octanol–water partition coefficient (Wildman–Crippen LogP) is 10.2. The second-order valence-corrected chi connectivity index (χ2v) is 13.8. The number of phenolic OH excluding ortho intramolecular Hbond substituents is 3. The van der Waals surface area contributed by atoms with Crippen molar-refractivity contribution in [2.45, 2.75) is 0 Å². The molecule has 0 spiro atoms. The molecule has 0 heterocycles. The van der Waals surface area contributed by atoms with Gasteiger partial charge in [-0.2, -0.15) is 0 Å². The van der Waals surface area contributed by atoms with Gasteiger partial charge < -0.3 is 30.0 Å². The van der Waals surface area contributed by atoms with Gasteiger partial charge in [-0.15, -0.1) is 0 Å². The van der Waals surface area contributed by atoms with Crippen molar-refractivity contribution in [3.05, 3.63) is 76.7 Å². The molecular formula is C18H12Br9O6P. The zero-order chi connectivity index (χ0) is 26.7. The highest BCUT2D eigenvalue weighted by atomic mass is 79.9. The topological polar surface area (TPSA) is 121 Å². The second-order valence-electron chi connectivity index (χ2n) is 5.42. The Labute approximate surface area is 272 Å². The van der Waals surface area contributed by atoms with E-state index in [1.165, 1.54) is 0 Å². The Balaban J connectivity index is 0.000000445. The maximum Gasteiger partial charge on any atom is 0.324 e. The molecule has 3 rings (SSSR count). The summed E-state index contributed by atoms with van der Waals surface area (Å²) < 4.78 is 6.81. The molecule has 6 nitrogen and oxygen atoms in total. The van der Waals surface area contributed by atoms with Gasteiger partial charge in [-0.1, -0.05) is 47.8 Å². The maximum absolute atomic E-state index is 9.22. The number of phenols is 3. The molecule has 0 aromatic heterocycles. The molecule has 6 N–H and O–H groups in total. The van der Waals surface area contributed by atoms with Crippen LogP contribution in [0.2, 0.25) is 0 Å². The van der Waals surface area contributed by atoms with Crippen molar-refractivity contribution < 1.29 is 30.0 Å². The van der Waals surface area contributed by atoms with E-state index in [1.54, 1.807) is 36.4 Å². The molecule has 0 atom stereocenters. The quantitative estimate of drug-likeness (QED) is 0.125. The minimum absolute atomic E-state index is 0.225. The van der Waals surface area contributed by atoms with Gasteiger partial charge in [-0.3, -0.25) is 0 Å². The van der Waals surface area contributed by atoms with Crippen molar-refractivity contribution in [3.8, 4) is 17.2 Å². The van der Waals surface area contributed by atoms with Crippen LogP contribution in [0.25, 0.3) is 0 Å². The first kappa shape index (κ1) is 35.7. The van der Waals surface area contributed by atoms with Gasteiger partial charge in [0.2, 0.25) is 0 Å². The first-order valence-electron chi connectivity index (χ1n) is 7.94. The van der Waals surface area contributed by atoms with E-state index in [1.807, 2.05) is 0 Å². The number of hydrogen-bond donors (Lipinski definition) is 6. The summed E-state index contributed by atoms with van der Waals surface area (Å²) in [5.41, 5.74) is 0. The fourth-order valence-corrected chi connectivity index (χ4v) is 8.38. The van der Waals surface area contributed by atoms with Gasteiger partial charge in [-0.25, -0.2) is 0 Å². The van der Waals surface area contributed by atoms with E-state index in [-0.39, 0.29) is 17.2 Å². The SMILES string of the molecule is OP(O)O.Oc1c(Br)cc(Br)cc1Br.Oc1c(Br)cc(Br)cc1Br.Oc1c(Br)cc(Br)cc1Br. The van der Waals surface area contributed by atoms with Crippen LogP contribution in [0.3, 0.4) is 0 Å². The third-order valence-electron chi connectivity index (χ3n) is 2.94. The molecule has 34 heavy (non-hydrogen) atoms. The zero-order valence-corrected chi connectivity index (χ0v) is 31.2. The summed E-state index contributed by atoms with van der Waals surface area (Å²) in [6.45, 7) is 0. The molecule has 0 amide bonds. The minimum Gasteiger partial charge on any atom is -0.506 e. The van der Waals surface area contributed by atoms with E-state index in [0.717, 1.165) is 13.4 Å². The standard InChI is InChI=1S/3C6H3Br3O.H3O3P/c3*7-3-1-4(8)6(10)5(9)2-3;1-4(2)3/h3*1-2,10H;1-3H. The van der Waals surface area contributed by atoms with Gasteiger partial charge in [0.05, 0.1) is 26.8 Å². The Hall–Kier alpha value is 1.69. The summed E-state index contributed by atoms with van der Waals surface area (Å²) >= 11 is 28.9. The van der Waals surface area contributed by atoms with Gasteiger partial charge in [-0.05, 0) is 132 Å². The van der Waals surface area contributed by atoms with Crippen molar-refractivity contribution in [1.29, 1.82) is 0 Å². The van der Waals surface area contributed by atoms with E-state index >= 15 is 0 Å². The van der Waals surface area contributed by atoms with E-state index in [9.17, 15) is 15.3 Å². The first-order chi connectivity index (χ1) is 15.6. The van der Waals surface area contributed by atoms with Crippen LogP contribution >= 0.6 is 152 Å². The number of halogens is 9. The molecule has 0 saturated carbocycles. The molecule has 188 valence electrons. The van der Waals surface area contributed by atoms with Gasteiger partial charge in [0.1, 0.15) is 17.2 Å². The Kier molecular flexibility index (Phi) is 19.0. The Morgan fingerprint density at radius 1 is 0.382 bits per heavy atom. The number of benzene rings is 3. The molecule has 0 fully saturated rings. The van der Waals surface area contributed by atoms with E-state index in [0.29, 0.717) is 26.8 Å². The molecule has 0 aliphatic heterocycles. The van der Waals surface area contributed by atoms with Crippen LogP contribution in [0.4, 0.5) is 0 Å². The highest BCUT2D eigenvalue weighted by molar-refractivity contribution is 9.12. The molecule has 0 saturated heterocycles. The summed E-state index contributed by atoms with van der Waals surface area (Å²) in [6.07, 6.45) is 0. The van der Waals surface area contributed by atoms with Crippen molar-refractivity contribution in [2.24, 2.45) is 0 Å². The van der Waals surface area contributed by atoms with Crippen LogP contribution in [0.5, 0.6) is 17.2 Å². The predicted molar refractivity (Wildman–Crippen MR) is 167 cm³/mol. The zero-order valence-electron chi connectivity index (χ0n) is 16.0. The third kappa shape index (κ3) is 14.6. The first-order valence-corrected chi connectivity index (χ1v) is 16.3. The summed E-state index contributed by atoms with van der Waals surface area (Å²) in [5, 5.41) is 27.6. The van der Waals surface area contributed by atoms with Crippen LogP contribution < -0.4 is 0 Å². The largest absolute Gasteiger partial charge is 0.506 e. The molecular weight excluding hydrogens is 1060 g/mol. The highest BCUT2D eigenvalue weighted by Gasteiger charge is 2.04. The maximum atomic E-state index is 9.22. The minimum atomic E-state index is -2.62. The Bertz CT molecular complexity index is 898. The number of aromatic hydroxyl groups is 3. The molecule has 0 unspecified atom stereocenters. The molecule has 0 radical (unpaired) electrons. The molecule has 3 aromatic rings. The summed E-state index contributed by atoms with van der Waals surface area (Å²) in [5.74, 6) is 0.676. The lowest BCUT2D eigenvalue weighted by Crippen LogP contribution is -1.71. The number of hydrogen-bond acceptors (Lipinski definition) is 6. The van der Waals surface area contributed by atoms with Crippen molar-refractivity contribution in [3.63, 3.8) is 0 Å². The average Bonchev–Trinajstić information content (AvgIpc) is 2.68. The highest BCUT2D eigenvalue weighted by Crippen LogP contribution is 2.36. The summed E-state index contributed by atoms with van der Waals surface area (Å²) in [4.78, 5) is 21.7. The molecule has 0 aliphatic carbocycles. The van der Waals surface area contributed by atoms with Gasteiger partial charge in [0.25, 0.3) is 0 Å². The van der Waals surface area contributed by atoms with Crippen LogP contribution in [0.1, 0.15) is 0 Å². The van der Waals surface area contributed by atoms with Crippen LogP contribution in [0.15, 0.2) is 76.7 Å². The monoisotopic (exact) mass is 1070 g/mol. The lowest BCUT2D eigenvalue weighted by atomic mass is 10.3. The summed E-state index contributed by atoms with van der Waals surface area (Å²) in [7, 11) is -2.62. The van der Waals surface area contributed by atoms with Gasteiger partial charge >= 0.3 is 8.60 Å². The van der Waals surface area contributed by atoms with Crippen molar-refractivity contribution in [1.82, 2.24) is 0 Å². The van der Waals surface area contributed by atoms with Crippen LogP contribution in [-0.2, 0) is 0 Å². The van der Waals surface area contributed by atoms with E-state index in [2.05, 4.69) is 143 Å². The molecule has 3 aromatic carbocycles. The second kappa shape index (κ2) is 18.1. The summed E-state index contributed by atoms with van der Waals surface area (Å²) in [6, 6.07) is 10.7. The van der Waals surface area contributed by atoms with Crippen LogP contribution in [-0.4, -0.2) is 30.0 Å². The van der Waals surface area contributed by atoms with E-state index in [4.69, 9.17) is 14.7 Å². The fourth-order valence-electron chi connectivity index (χ4n) is 1.60. The third-order valence-corrected chi connectivity index (χ3v) is 7.95. The Morgan fingerprint density at radius 2 is 0.500 bits per heavy atom. The van der Waals surface area contributed by atoms with Crippen molar-refractivity contribution in [2.75, 3.05) is 0 Å². The Morgan fingerprint density at radius 3 is 0.618 bits per heavy atom.